The van der Waals surface area contributed by atoms with E-state index in [0.717, 1.165) is 17.8 Å². The maximum Gasteiger partial charge on any atom is 0.00387 e. The average Bonchev–Trinajstić information content (AvgIpc) is 2.04. The highest BCUT2D eigenvalue weighted by molar-refractivity contribution is 4.78. The minimum atomic E-state index is 0.415. The van der Waals surface area contributed by atoms with E-state index in [-0.39, 0.29) is 0 Å². The summed E-state index contributed by atoms with van der Waals surface area (Å²) in [4.78, 5) is 0. The predicted octanol–water partition coefficient (Wildman–Crippen LogP) is 2.80. The largest absolute Gasteiger partial charge is 0.328 e. The minimum Gasteiger partial charge on any atom is -0.328 e. The first-order valence-corrected chi connectivity index (χ1v) is 5.37. The SMILES string of the molecule is CC(C)C1CCC([C@@H](C)N)CC1. The van der Waals surface area contributed by atoms with Gasteiger partial charge in [-0.15, -0.1) is 0 Å². The van der Waals surface area contributed by atoms with Gasteiger partial charge in [-0.2, -0.15) is 0 Å². The van der Waals surface area contributed by atoms with E-state index in [0.29, 0.717) is 6.04 Å². The zero-order valence-corrected chi connectivity index (χ0v) is 8.72. The van der Waals surface area contributed by atoms with Gasteiger partial charge in [0.25, 0.3) is 0 Å². The molecule has 2 N–H and O–H groups in total. The lowest BCUT2D eigenvalue weighted by atomic mass is 9.75. The maximum absolute atomic E-state index is 5.89. The summed E-state index contributed by atoms with van der Waals surface area (Å²) >= 11 is 0. The van der Waals surface area contributed by atoms with Crippen molar-refractivity contribution in [1.82, 2.24) is 0 Å². The number of hydrogen-bond donors (Lipinski definition) is 1. The predicted molar refractivity (Wildman–Crippen MR) is 53.9 cm³/mol. The highest BCUT2D eigenvalue weighted by Crippen LogP contribution is 2.34. The molecule has 1 rings (SSSR count). The second kappa shape index (κ2) is 4.27. The first-order valence-electron chi connectivity index (χ1n) is 5.37. The van der Waals surface area contributed by atoms with E-state index in [1.54, 1.807) is 0 Å². The van der Waals surface area contributed by atoms with Gasteiger partial charge in [0.05, 0.1) is 0 Å². The summed E-state index contributed by atoms with van der Waals surface area (Å²) in [6.45, 7) is 6.84. The summed E-state index contributed by atoms with van der Waals surface area (Å²) in [5, 5.41) is 0. The molecule has 1 aliphatic carbocycles. The van der Waals surface area contributed by atoms with Crippen LogP contribution in [0.4, 0.5) is 0 Å². The zero-order valence-electron chi connectivity index (χ0n) is 8.72. The van der Waals surface area contributed by atoms with Crippen LogP contribution >= 0.6 is 0 Å². The Morgan fingerprint density at radius 1 is 0.917 bits per heavy atom. The molecule has 0 unspecified atom stereocenters. The molecule has 0 amide bonds. The van der Waals surface area contributed by atoms with Gasteiger partial charge in [-0.25, -0.2) is 0 Å². The van der Waals surface area contributed by atoms with Crippen molar-refractivity contribution in [2.75, 3.05) is 0 Å². The summed E-state index contributed by atoms with van der Waals surface area (Å²) in [7, 11) is 0. The third-order valence-corrected chi connectivity index (χ3v) is 3.50. The normalized spacial score (nSPS) is 33.8. The third kappa shape index (κ3) is 2.48. The van der Waals surface area contributed by atoms with Crippen LogP contribution in [0.15, 0.2) is 0 Å². The van der Waals surface area contributed by atoms with Gasteiger partial charge in [0, 0.05) is 6.04 Å². The molecule has 1 atom stereocenters. The molecule has 0 aromatic rings. The monoisotopic (exact) mass is 169 g/mol. The van der Waals surface area contributed by atoms with Crippen LogP contribution in [0.3, 0.4) is 0 Å². The zero-order chi connectivity index (χ0) is 9.14. The quantitative estimate of drug-likeness (QED) is 0.676. The third-order valence-electron chi connectivity index (χ3n) is 3.50. The van der Waals surface area contributed by atoms with Crippen LogP contribution in [0.25, 0.3) is 0 Å². The molecule has 0 saturated heterocycles. The highest BCUT2D eigenvalue weighted by Gasteiger charge is 2.24. The number of rotatable bonds is 2. The lowest BCUT2D eigenvalue weighted by Crippen LogP contribution is -2.31. The molecule has 1 aliphatic rings. The number of nitrogens with two attached hydrogens (primary N) is 1. The molecule has 0 aromatic carbocycles. The van der Waals surface area contributed by atoms with Crippen molar-refractivity contribution in [3.05, 3.63) is 0 Å². The molecule has 0 spiro atoms. The molecule has 12 heavy (non-hydrogen) atoms. The summed E-state index contributed by atoms with van der Waals surface area (Å²) in [6, 6.07) is 0.415. The second-order valence-electron chi connectivity index (χ2n) is 4.78. The first-order chi connectivity index (χ1) is 5.61. The van der Waals surface area contributed by atoms with E-state index in [1.807, 2.05) is 0 Å². The van der Waals surface area contributed by atoms with Gasteiger partial charge in [-0.3, -0.25) is 0 Å². The van der Waals surface area contributed by atoms with Crippen LogP contribution in [-0.2, 0) is 0 Å². The van der Waals surface area contributed by atoms with Gasteiger partial charge in [0.1, 0.15) is 0 Å². The van der Waals surface area contributed by atoms with Crippen LogP contribution in [0.2, 0.25) is 0 Å². The molecule has 0 bridgehead atoms. The molecule has 72 valence electrons. The van der Waals surface area contributed by atoms with Crippen LogP contribution in [0.5, 0.6) is 0 Å². The summed E-state index contributed by atoms with van der Waals surface area (Å²) < 4.78 is 0. The summed E-state index contributed by atoms with van der Waals surface area (Å²) in [6.07, 6.45) is 5.54. The average molecular weight is 169 g/mol. The standard InChI is InChI=1S/C11H23N/c1-8(2)10-4-6-11(7-5-10)9(3)12/h8-11H,4-7,12H2,1-3H3/t9-,10?,11?/m1/s1. The summed E-state index contributed by atoms with van der Waals surface area (Å²) in [5.74, 6) is 2.65. The van der Waals surface area contributed by atoms with Crippen LogP contribution in [0, 0.1) is 17.8 Å². The van der Waals surface area contributed by atoms with Crippen molar-refractivity contribution in [2.24, 2.45) is 23.5 Å². The van der Waals surface area contributed by atoms with Gasteiger partial charge in [-0.05, 0) is 50.4 Å². The van der Waals surface area contributed by atoms with Crippen molar-refractivity contribution in [2.45, 2.75) is 52.5 Å². The van der Waals surface area contributed by atoms with Crippen molar-refractivity contribution in [3.63, 3.8) is 0 Å². The number of hydrogen-bond acceptors (Lipinski definition) is 1. The molecule has 0 radical (unpaired) electrons. The highest BCUT2D eigenvalue weighted by atomic mass is 14.6. The fourth-order valence-electron chi connectivity index (χ4n) is 2.34. The molecule has 0 aliphatic heterocycles. The minimum absolute atomic E-state index is 0.415. The van der Waals surface area contributed by atoms with E-state index in [1.165, 1.54) is 25.7 Å². The van der Waals surface area contributed by atoms with Crippen molar-refractivity contribution in [3.8, 4) is 0 Å². The van der Waals surface area contributed by atoms with Crippen molar-refractivity contribution < 1.29 is 0 Å². The van der Waals surface area contributed by atoms with Crippen molar-refractivity contribution >= 4 is 0 Å². The molecular weight excluding hydrogens is 146 g/mol. The van der Waals surface area contributed by atoms with Crippen molar-refractivity contribution in [1.29, 1.82) is 0 Å². The molecule has 0 heterocycles. The fourth-order valence-corrected chi connectivity index (χ4v) is 2.34. The Hall–Kier alpha value is -0.0400. The Morgan fingerprint density at radius 2 is 1.33 bits per heavy atom. The first kappa shape index (κ1) is 10.0. The molecule has 0 aromatic heterocycles. The molecular formula is C11H23N. The topological polar surface area (TPSA) is 26.0 Å². The molecule has 1 heteroatoms. The van der Waals surface area contributed by atoms with E-state index < -0.39 is 0 Å². The van der Waals surface area contributed by atoms with E-state index in [2.05, 4.69) is 20.8 Å². The van der Waals surface area contributed by atoms with E-state index in [4.69, 9.17) is 5.73 Å². The Bertz CT molecular complexity index is 105. The maximum atomic E-state index is 5.89. The van der Waals surface area contributed by atoms with Gasteiger partial charge >= 0.3 is 0 Å². The Balaban J connectivity index is 2.30. The summed E-state index contributed by atoms with van der Waals surface area (Å²) in [5.41, 5.74) is 5.89. The Kier molecular flexibility index (Phi) is 3.57. The van der Waals surface area contributed by atoms with E-state index in [9.17, 15) is 0 Å². The Morgan fingerprint density at radius 3 is 1.67 bits per heavy atom. The van der Waals surface area contributed by atoms with Gasteiger partial charge in [-0.1, -0.05) is 13.8 Å². The fraction of sp³-hybridized carbons (Fsp3) is 1.00. The lowest BCUT2D eigenvalue weighted by Gasteiger charge is -2.32. The Labute approximate surface area is 76.7 Å². The van der Waals surface area contributed by atoms with Crippen LogP contribution in [-0.4, -0.2) is 6.04 Å². The smallest absolute Gasteiger partial charge is 0.00387 e. The second-order valence-corrected chi connectivity index (χ2v) is 4.78. The van der Waals surface area contributed by atoms with Gasteiger partial charge in [0.2, 0.25) is 0 Å². The van der Waals surface area contributed by atoms with Crippen LogP contribution < -0.4 is 5.73 Å². The van der Waals surface area contributed by atoms with Gasteiger partial charge in [0.15, 0.2) is 0 Å². The van der Waals surface area contributed by atoms with Gasteiger partial charge < -0.3 is 5.73 Å². The van der Waals surface area contributed by atoms with Crippen LogP contribution in [0.1, 0.15) is 46.5 Å². The van der Waals surface area contributed by atoms with E-state index >= 15 is 0 Å². The molecule has 1 fully saturated rings. The molecule has 1 saturated carbocycles. The molecule has 1 nitrogen and oxygen atoms in total. The lowest BCUT2D eigenvalue weighted by molar-refractivity contribution is 0.208.